The Morgan fingerprint density at radius 2 is 1.97 bits per heavy atom. The van der Waals surface area contributed by atoms with E-state index >= 15 is 0 Å². The van der Waals surface area contributed by atoms with E-state index in [1.807, 2.05) is 0 Å². The number of esters is 1. The number of benzene rings is 1. The number of aliphatic hydroxyl groups excluding tert-OH is 1. The average Bonchev–Trinajstić information content (AvgIpc) is 3.61. The molecule has 36 heavy (non-hydrogen) atoms. The molecule has 0 aliphatic carbocycles. The number of carbonyl (C=O) groups excluding carboxylic acids is 3. The normalized spacial score (nSPS) is 15.2. The van der Waals surface area contributed by atoms with Crippen molar-refractivity contribution in [2.24, 2.45) is 0 Å². The second-order valence-electron chi connectivity index (χ2n) is 7.56. The Kier molecular flexibility index (Phi) is 7.22. The maximum absolute atomic E-state index is 13.5. The van der Waals surface area contributed by atoms with E-state index in [9.17, 15) is 19.5 Å². The zero-order valence-electron chi connectivity index (χ0n) is 19.6. The molecular formula is C25H22N2O7S2. The molecule has 0 saturated carbocycles. The van der Waals surface area contributed by atoms with Crippen LogP contribution in [0.15, 0.2) is 59.7 Å². The highest BCUT2D eigenvalue weighted by Crippen LogP contribution is 2.45. The molecule has 0 saturated heterocycles. The van der Waals surface area contributed by atoms with Crippen molar-refractivity contribution in [1.82, 2.24) is 4.98 Å². The lowest BCUT2D eigenvalue weighted by molar-refractivity contribution is -0.117. The Morgan fingerprint density at radius 3 is 2.61 bits per heavy atom. The van der Waals surface area contributed by atoms with Gasteiger partial charge in [0.25, 0.3) is 5.91 Å². The molecule has 1 aliphatic rings. The smallest absolute Gasteiger partial charge is 0.350 e. The van der Waals surface area contributed by atoms with Gasteiger partial charge in [0, 0.05) is 0 Å². The maximum Gasteiger partial charge on any atom is 0.350 e. The molecule has 3 heterocycles. The van der Waals surface area contributed by atoms with Crippen LogP contribution in [0.3, 0.4) is 0 Å². The largest absolute Gasteiger partial charge is 0.503 e. The molecule has 3 aromatic rings. The van der Waals surface area contributed by atoms with Crippen LogP contribution in [0.2, 0.25) is 0 Å². The third-order valence-electron chi connectivity index (χ3n) is 5.43. The molecule has 9 nitrogen and oxygen atoms in total. The molecule has 0 spiro atoms. The summed E-state index contributed by atoms with van der Waals surface area (Å²) in [6.07, 6.45) is 1.44. The van der Waals surface area contributed by atoms with Crippen LogP contribution in [0.1, 0.15) is 36.6 Å². The molecule has 2 aromatic heterocycles. The summed E-state index contributed by atoms with van der Waals surface area (Å²) >= 11 is 2.13. The number of amides is 1. The minimum Gasteiger partial charge on any atom is -0.503 e. The van der Waals surface area contributed by atoms with E-state index in [4.69, 9.17) is 14.2 Å². The summed E-state index contributed by atoms with van der Waals surface area (Å²) in [5, 5.41) is 12.8. The lowest BCUT2D eigenvalue weighted by Crippen LogP contribution is -2.31. The summed E-state index contributed by atoms with van der Waals surface area (Å²) in [6, 6.07) is 7.24. The number of methoxy groups -OCH3 is 2. The fourth-order valence-corrected chi connectivity index (χ4v) is 5.45. The monoisotopic (exact) mass is 526 g/mol. The predicted molar refractivity (Wildman–Crippen MR) is 135 cm³/mol. The number of nitrogens with zero attached hydrogens (tertiary/aromatic N) is 2. The van der Waals surface area contributed by atoms with Crippen molar-refractivity contribution < 1.29 is 33.7 Å². The number of aryl methyl sites for hydroxylation is 1. The molecule has 1 aliphatic heterocycles. The zero-order chi connectivity index (χ0) is 26.0. The quantitative estimate of drug-likeness (QED) is 0.243. The number of carbonyl (C=O) groups is 3. The number of rotatable bonds is 9. The van der Waals surface area contributed by atoms with Gasteiger partial charge in [-0.3, -0.25) is 14.5 Å². The molecule has 0 radical (unpaired) electrons. The molecule has 0 bridgehead atoms. The summed E-state index contributed by atoms with van der Waals surface area (Å²) in [5.41, 5.74) is 0.729. The van der Waals surface area contributed by atoms with Crippen molar-refractivity contribution in [3.8, 4) is 11.5 Å². The van der Waals surface area contributed by atoms with Gasteiger partial charge in [0.1, 0.15) is 11.5 Å². The Hall–Kier alpha value is -3.96. The third kappa shape index (κ3) is 4.38. The van der Waals surface area contributed by atoms with Crippen molar-refractivity contribution in [3.63, 3.8) is 0 Å². The molecule has 186 valence electrons. The van der Waals surface area contributed by atoms with Gasteiger partial charge in [-0.15, -0.1) is 11.3 Å². The molecule has 11 heteroatoms. The number of hydrogen-bond acceptors (Lipinski definition) is 10. The summed E-state index contributed by atoms with van der Waals surface area (Å²) in [6.45, 7) is 5.16. The fourth-order valence-electron chi connectivity index (χ4n) is 3.79. The van der Waals surface area contributed by atoms with Crippen molar-refractivity contribution in [2.45, 2.75) is 13.0 Å². The highest BCUT2D eigenvalue weighted by molar-refractivity contribution is 7.17. The van der Waals surface area contributed by atoms with Crippen LogP contribution in [0.4, 0.5) is 5.13 Å². The molecule has 0 fully saturated rings. The molecule has 4 rings (SSSR count). The van der Waals surface area contributed by atoms with Gasteiger partial charge in [-0.2, -0.15) is 0 Å². The van der Waals surface area contributed by atoms with E-state index in [0.717, 1.165) is 11.3 Å². The van der Waals surface area contributed by atoms with Gasteiger partial charge >= 0.3 is 5.97 Å². The van der Waals surface area contributed by atoms with Crippen LogP contribution in [-0.4, -0.2) is 48.6 Å². The van der Waals surface area contributed by atoms with Crippen LogP contribution >= 0.6 is 22.7 Å². The first kappa shape index (κ1) is 25.1. The van der Waals surface area contributed by atoms with Crippen molar-refractivity contribution in [2.75, 3.05) is 25.7 Å². The molecule has 1 amide bonds. The summed E-state index contributed by atoms with van der Waals surface area (Å²) in [5.74, 6) is -1.77. The Morgan fingerprint density at radius 1 is 1.22 bits per heavy atom. The van der Waals surface area contributed by atoms with Crippen LogP contribution in [0, 0.1) is 6.92 Å². The van der Waals surface area contributed by atoms with E-state index < -0.39 is 29.5 Å². The minimum atomic E-state index is -1.03. The summed E-state index contributed by atoms with van der Waals surface area (Å²) in [7, 11) is 2.96. The van der Waals surface area contributed by atoms with Gasteiger partial charge in [0.05, 0.1) is 36.4 Å². The number of thiazole rings is 1. The van der Waals surface area contributed by atoms with E-state index in [1.54, 1.807) is 42.6 Å². The molecular weight excluding hydrogens is 504 g/mol. The molecule has 1 unspecified atom stereocenters. The lowest BCUT2D eigenvalue weighted by atomic mass is 9.95. The van der Waals surface area contributed by atoms with Crippen molar-refractivity contribution in [3.05, 3.63) is 80.7 Å². The summed E-state index contributed by atoms with van der Waals surface area (Å²) < 4.78 is 15.9. The Balaban J connectivity index is 1.86. The second-order valence-corrected chi connectivity index (χ2v) is 9.48. The number of hydrogen-bond donors (Lipinski definition) is 1. The van der Waals surface area contributed by atoms with Gasteiger partial charge in [-0.1, -0.05) is 36.1 Å². The van der Waals surface area contributed by atoms with Crippen LogP contribution < -0.4 is 14.4 Å². The predicted octanol–water partition coefficient (Wildman–Crippen LogP) is 4.66. The number of anilines is 1. The SMILES string of the molecule is C=CCOC(=O)c1sc(N2C(=O)C(O)=C(C(=O)c3cccs3)C2c2ccc(OC)c(OC)c2)nc1C. The van der Waals surface area contributed by atoms with Crippen molar-refractivity contribution in [1.29, 1.82) is 0 Å². The maximum atomic E-state index is 13.5. The standard InChI is InChI=1S/C25H22N2O7S2/c1-5-10-34-24(31)22-13(2)26-25(36-22)27-19(14-8-9-15(32-3)16(12-14)33-4)18(21(29)23(27)30)20(28)17-7-6-11-35-17/h5-9,11-12,19,29H,1,10H2,2-4H3. The first-order valence-corrected chi connectivity index (χ1v) is 12.3. The second kappa shape index (κ2) is 10.3. The van der Waals surface area contributed by atoms with Gasteiger partial charge in [0.2, 0.25) is 5.78 Å². The van der Waals surface area contributed by atoms with Gasteiger partial charge < -0.3 is 19.3 Å². The number of aliphatic hydroxyl groups is 1. The first-order chi connectivity index (χ1) is 17.3. The number of thiophene rings is 1. The van der Waals surface area contributed by atoms with Gasteiger partial charge in [0.15, 0.2) is 22.4 Å². The Bertz CT molecular complexity index is 1370. The number of aromatic nitrogens is 1. The fraction of sp³-hybridized carbons (Fsp3) is 0.200. The average molecular weight is 527 g/mol. The zero-order valence-corrected chi connectivity index (χ0v) is 21.3. The Labute approximate surface area is 214 Å². The van der Waals surface area contributed by atoms with E-state index in [-0.39, 0.29) is 22.2 Å². The molecule has 1 aromatic carbocycles. The van der Waals surface area contributed by atoms with Crippen LogP contribution in [0.5, 0.6) is 11.5 Å². The van der Waals surface area contributed by atoms with Gasteiger partial charge in [-0.25, -0.2) is 9.78 Å². The highest BCUT2D eigenvalue weighted by Gasteiger charge is 2.46. The van der Waals surface area contributed by atoms with Crippen LogP contribution in [-0.2, 0) is 9.53 Å². The van der Waals surface area contributed by atoms with E-state index in [2.05, 4.69) is 11.6 Å². The summed E-state index contributed by atoms with van der Waals surface area (Å²) in [4.78, 5) is 45.5. The number of ether oxygens (including phenoxy) is 3. The highest BCUT2D eigenvalue weighted by atomic mass is 32.1. The van der Waals surface area contributed by atoms with E-state index in [0.29, 0.717) is 27.6 Å². The topological polar surface area (TPSA) is 115 Å². The van der Waals surface area contributed by atoms with Crippen molar-refractivity contribution >= 4 is 45.5 Å². The number of ketones is 1. The lowest BCUT2D eigenvalue weighted by Gasteiger charge is -2.25. The van der Waals surface area contributed by atoms with Crippen LogP contribution in [0.25, 0.3) is 0 Å². The molecule has 1 atom stereocenters. The van der Waals surface area contributed by atoms with Gasteiger partial charge in [-0.05, 0) is 36.1 Å². The first-order valence-electron chi connectivity index (χ1n) is 10.6. The third-order valence-corrected chi connectivity index (χ3v) is 7.44. The number of Topliss-reactive ketones (excluding diaryl/α,β-unsaturated/α-hetero) is 1. The van der Waals surface area contributed by atoms with E-state index in [1.165, 1.54) is 36.5 Å². The minimum absolute atomic E-state index is 0.0181. The molecule has 1 N–H and O–H groups in total.